The molecule has 62 heavy (non-hydrogen) atoms. The molecular formula is C48H93O13P. The van der Waals surface area contributed by atoms with Crippen molar-refractivity contribution in [3.8, 4) is 0 Å². The summed E-state index contributed by atoms with van der Waals surface area (Å²) in [5, 5.41) is 50.2. The van der Waals surface area contributed by atoms with E-state index in [9.17, 15) is 44.6 Å². The monoisotopic (exact) mass is 909 g/mol. The van der Waals surface area contributed by atoms with Crippen molar-refractivity contribution in [3.05, 3.63) is 0 Å². The Labute approximate surface area is 376 Å². The van der Waals surface area contributed by atoms with Crippen molar-refractivity contribution in [2.45, 2.75) is 281 Å². The van der Waals surface area contributed by atoms with Crippen molar-refractivity contribution in [2.24, 2.45) is 0 Å². The fourth-order valence-electron chi connectivity index (χ4n) is 8.11. The Bertz CT molecular complexity index is 1100. The van der Waals surface area contributed by atoms with Crippen LogP contribution < -0.4 is 0 Å². The van der Waals surface area contributed by atoms with Gasteiger partial charge in [-0.25, -0.2) is 4.57 Å². The van der Waals surface area contributed by atoms with Crippen LogP contribution in [0.2, 0.25) is 0 Å². The summed E-state index contributed by atoms with van der Waals surface area (Å²) in [6, 6.07) is 0. The minimum atomic E-state index is -5.11. The SMILES string of the molecule is CCCCCCCCCCCCCCCCCCCCCC(=O)OC[C@@H](COP(=O)(O)OC1C(O)C(O)C(O)[C@H](O)C1O)OC(=O)CCCCCCCCCCCCCCCC. The van der Waals surface area contributed by atoms with E-state index in [1.807, 2.05) is 0 Å². The van der Waals surface area contributed by atoms with Gasteiger partial charge in [0.25, 0.3) is 0 Å². The first-order valence-electron chi connectivity index (χ1n) is 25.3. The number of hydrogen-bond acceptors (Lipinski definition) is 12. The highest BCUT2D eigenvalue weighted by atomic mass is 31.2. The van der Waals surface area contributed by atoms with Crippen LogP contribution in [-0.4, -0.2) is 98.3 Å². The molecule has 6 N–H and O–H groups in total. The molecule has 0 aromatic carbocycles. The first-order chi connectivity index (χ1) is 29.9. The van der Waals surface area contributed by atoms with Crippen LogP contribution in [-0.2, 0) is 32.7 Å². The quantitative estimate of drug-likeness (QED) is 0.0191. The van der Waals surface area contributed by atoms with Crippen LogP contribution in [0.15, 0.2) is 0 Å². The minimum Gasteiger partial charge on any atom is -0.462 e. The Morgan fingerprint density at radius 2 is 0.726 bits per heavy atom. The van der Waals surface area contributed by atoms with Crippen LogP contribution in [0.1, 0.15) is 239 Å². The molecule has 0 amide bonds. The fraction of sp³-hybridized carbons (Fsp3) is 0.958. The van der Waals surface area contributed by atoms with Crippen LogP contribution in [0, 0.1) is 0 Å². The lowest BCUT2D eigenvalue weighted by molar-refractivity contribution is -0.220. The lowest BCUT2D eigenvalue weighted by Crippen LogP contribution is -2.64. The van der Waals surface area contributed by atoms with Crippen molar-refractivity contribution in [1.82, 2.24) is 0 Å². The molecule has 0 aliphatic heterocycles. The molecule has 6 unspecified atom stereocenters. The molecule has 0 aromatic rings. The van der Waals surface area contributed by atoms with E-state index in [1.54, 1.807) is 0 Å². The van der Waals surface area contributed by atoms with E-state index in [0.717, 1.165) is 38.5 Å². The highest BCUT2D eigenvalue weighted by Gasteiger charge is 2.51. The van der Waals surface area contributed by atoms with Crippen molar-refractivity contribution in [2.75, 3.05) is 13.2 Å². The summed E-state index contributed by atoms with van der Waals surface area (Å²) in [7, 11) is -5.11. The van der Waals surface area contributed by atoms with Crippen molar-refractivity contribution in [1.29, 1.82) is 0 Å². The Morgan fingerprint density at radius 3 is 1.06 bits per heavy atom. The average Bonchev–Trinajstić information content (AvgIpc) is 3.25. The van der Waals surface area contributed by atoms with Crippen LogP contribution in [0.5, 0.6) is 0 Å². The highest BCUT2D eigenvalue weighted by molar-refractivity contribution is 7.47. The molecule has 0 heterocycles. The summed E-state index contributed by atoms with van der Waals surface area (Å²) in [5.41, 5.74) is 0. The predicted molar refractivity (Wildman–Crippen MR) is 244 cm³/mol. The summed E-state index contributed by atoms with van der Waals surface area (Å²) in [6.45, 7) is 3.34. The van der Waals surface area contributed by atoms with Crippen molar-refractivity contribution < 1.29 is 63.1 Å². The molecule has 14 heteroatoms. The first-order valence-corrected chi connectivity index (χ1v) is 26.8. The number of hydrogen-bond donors (Lipinski definition) is 6. The largest absolute Gasteiger partial charge is 0.472 e. The fourth-order valence-corrected chi connectivity index (χ4v) is 9.09. The van der Waals surface area contributed by atoms with Crippen LogP contribution in [0.25, 0.3) is 0 Å². The summed E-state index contributed by atoms with van der Waals surface area (Å²) in [5.74, 6) is -1.08. The number of carbonyl (C=O) groups is 2. The van der Waals surface area contributed by atoms with Crippen LogP contribution >= 0.6 is 7.82 Å². The number of carbonyl (C=O) groups excluding carboxylic acids is 2. The maximum atomic E-state index is 12.8. The summed E-state index contributed by atoms with van der Waals surface area (Å²) in [6.07, 6.45) is 27.2. The number of phosphoric acid groups is 1. The second kappa shape index (κ2) is 39.1. The van der Waals surface area contributed by atoms with Crippen molar-refractivity contribution >= 4 is 19.8 Å². The molecule has 1 rings (SSSR count). The zero-order chi connectivity index (χ0) is 45.7. The van der Waals surface area contributed by atoms with Crippen LogP contribution in [0.4, 0.5) is 0 Å². The highest BCUT2D eigenvalue weighted by Crippen LogP contribution is 2.47. The third-order valence-electron chi connectivity index (χ3n) is 12.2. The smallest absolute Gasteiger partial charge is 0.462 e. The molecule has 1 fully saturated rings. The van der Waals surface area contributed by atoms with Gasteiger partial charge in [0.05, 0.1) is 6.61 Å². The molecule has 0 spiro atoms. The number of ether oxygens (including phenoxy) is 2. The minimum absolute atomic E-state index is 0.105. The van der Waals surface area contributed by atoms with E-state index in [-0.39, 0.29) is 12.8 Å². The second-order valence-corrected chi connectivity index (χ2v) is 19.4. The third kappa shape index (κ3) is 30.9. The molecule has 0 radical (unpaired) electrons. The number of aliphatic hydroxyl groups is 5. The molecule has 1 saturated carbocycles. The van der Waals surface area contributed by atoms with Gasteiger partial charge in [-0.15, -0.1) is 0 Å². The van der Waals surface area contributed by atoms with Gasteiger partial charge in [0.2, 0.25) is 0 Å². The number of esters is 2. The van der Waals surface area contributed by atoms with Gasteiger partial charge in [-0.2, -0.15) is 0 Å². The van der Waals surface area contributed by atoms with Gasteiger partial charge in [0.1, 0.15) is 43.2 Å². The Hall–Kier alpha value is -1.15. The number of phosphoric ester groups is 1. The topological polar surface area (TPSA) is 210 Å². The van der Waals surface area contributed by atoms with E-state index in [4.69, 9.17) is 18.5 Å². The zero-order valence-corrected chi connectivity index (χ0v) is 40.1. The third-order valence-corrected chi connectivity index (χ3v) is 13.2. The Balaban J connectivity index is 2.38. The summed E-state index contributed by atoms with van der Waals surface area (Å²) < 4.78 is 33.6. The average molecular weight is 909 g/mol. The lowest BCUT2D eigenvalue weighted by Gasteiger charge is -2.41. The maximum Gasteiger partial charge on any atom is 0.472 e. The molecular weight excluding hydrogens is 815 g/mol. The van der Waals surface area contributed by atoms with E-state index >= 15 is 0 Å². The van der Waals surface area contributed by atoms with Gasteiger partial charge < -0.3 is 39.9 Å². The molecule has 1 aliphatic rings. The number of aliphatic hydroxyl groups excluding tert-OH is 5. The number of unbranched alkanes of at least 4 members (excludes halogenated alkanes) is 31. The van der Waals surface area contributed by atoms with E-state index < -0.39 is 75.7 Å². The molecule has 0 saturated heterocycles. The van der Waals surface area contributed by atoms with Gasteiger partial charge in [-0.3, -0.25) is 18.6 Å². The second-order valence-electron chi connectivity index (χ2n) is 18.0. The molecule has 0 bridgehead atoms. The normalized spacial score (nSPS) is 21.7. The van der Waals surface area contributed by atoms with Gasteiger partial charge in [-0.1, -0.05) is 213 Å². The summed E-state index contributed by atoms with van der Waals surface area (Å²) in [4.78, 5) is 35.8. The van der Waals surface area contributed by atoms with Gasteiger partial charge in [0.15, 0.2) is 6.10 Å². The zero-order valence-electron chi connectivity index (χ0n) is 39.2. The van der Waals surface area contributed by atoms with E-state index in [0.29, 0.717) is 12.8 Å². The summed E-state index contributed by atoms with van der Waals surface area (Å²) >= 11 is 0. The van der Waals surface area contributed by atoms with Crippen LogP contribution in [0.3, 0.4) is 0 Å². The Morgan fingerprint density at radius 1 is 0.435 bits per heavy atom. The number of rotatable bonds is 43. The van der Waals surface area contributed by atoms with E-state index in [1.165, 1.54) is 161 Å². The molecule has 0 aromatic heterocycles. The van der Waals surface area contributed by atoms with Gasteiger partial charge in [0, 0.05) is 12.8 Å². The molecule has 368 valence electrons. The molecule has 1 aliphatic carbocycles. The predicted octanol–water partition coefficient (Wildman–Crippen LogP) is 10.5. The maximum absolute atomic E-state index is 12.8. The lowest BCUT2D eigenvalue weighted by atomic mass is 9.85. The van der Waals surface area contributed by atoms with Gasteiger partial charge >= 0.3 is 19.8 Å². The van der Waals surface area contributed by atoms with E-state index in [2.05, 4.69) is 13.8 Å². The molecule has 13 nitrogen and oxygen atoms in total. The molecule has 8 atom stereocenters. The first kappa shape index (κ1) is 58.9. The standard InChI is InChI=1S/C48H93O13P/c1-3-5-7-9-11-13-15-17-19-20-21-22-23-25-26-28-30-32-34-36-41(49)58-38-40(39-59-62(56,57)61-48-46(54)44(52)43(51)45(53)47(48)55)60-42(50)37-35-33-31-29-27-24-18-16-14-12-10-8-6-4-2/h40,43-48,51-55H,3-39H2,1-2H3,(H,56,57)/t40-,43?,44-,45?,46?,47?,48?/m0/s1. The van der Waals surface area contributed by atoms with Crippen molar-refractivity contribution in [3.63, 3.8) is 0 Å². The Kier molecular flexibility index (Phi) is 37.1. The van der Waals surface area contributed by atoms with Gasteiger partial charge in [-0.05, 0) is 12.8 Å².